The van der Waals surface area contributed by atoms with Gasteiger partial charge in [0, 0.05) is 38.0 Å². The third-order valence-corrected chi connectivity index (χ3v) is 5.60. The standard InChI is InChI=1S/C20H29N3O3/c1-15-9-10-16(14-24)12-23(15)19(25)17-6-5-11-22(13-17)20(26)21-18-7-3-2-4-8-18/h2-4,7-8,15-17,24H,5-6,9-14H2,1H3,(H,21,26)/t15-,16+,17-/m1/s1. The van der Waals surface area contributed by atoms with Gasteiger partial charge in [0.15, 0.2) is 0 Å². The first-order valence-corrected chi connectivity index (χ1v) is 9.60. The molecule has 2 saturated heterocycles. The highest BCUT2D eigenvalue weighted by atomic mass is 16.3. The van der Waals surface area contributed by atoms with E-state index < -0.39 is 0 Å². The average molecular weight is 359 g/mol. The Hall–Kier alpha value is -2.08. The number of likely N-dealkylation sites (tertiary alicyclic amines) is 2. The Morgan fingerprint density at radius 2 is 1.92 bits per heavy atom. The number of para-hydroxylation sites is 1. The first-order valence-electron chi connectivity index (χ1n) is 9.60. The van der Waals surface area contributed by atoms with Crippen LogP contribution in [0.1, 0.15) is 32.6 Å². The van der Waals surface area contributed by atoms with Crippen molar-refractivity contribution in [3.63, 3.8) is 0 Å². The van der Waals surface area contributed by atoms with E-state index in [0.717, 1.165) is 31.4 Å². The molecular formula is C20H29N3O3. The smallest absolute Gasteiger partial charge is 0.321 e. The Morgan fingerprint density at radius 3 is 2.65 bits per heavy atom. The third-order valence-electron chi connectivity index (χ3n) is 5.60. The summed E-state index contributed by atoms with van der Waals surface area (Å²) in [5.74, 6) is 0.161. The Labute approximate surface area is 155 Å². The lowest BCUT2D eigenvalue weighted by atomic mass is 9.90. The van der Waals surface area contributed by atoms with E-state index in [4.69, 9.17) is 0 Å². The van der Waals surface area contributed by atoms with Gasteiger partial charge in [0.2, 0.25) is 5.91 Å². The number of anilines is 1. The molecule has 26 heavy (non-hydrogen) atoms. The number of urea groups is 1. The normalized spacial score (nSPS) is 26.5. The second-order valence-electron chi connectivity index (χ2n) is 7.55. The highest BCUT2D eigenvalue weighted by molar-refractivity contribution is 5.90. The molecule has 0 aliphatic carbocycles. The Bertz CT molecular complexity index is 622. The number of aliphatic hydroxyl groups excluding tert-OH is 1. The molecule has 2 heterocycles. The van der Waals surface area contributed by atoms with E-state index in [1.807, 2.05) is 35.2 Å². The minimum Gasteiger partial charge on any atom is -0.396 e. The molecule has 2 N–H and O–H groups in total. The first kappa shape index (κ1) is 18.7. The van der Waals surface area contributed by atoms with E-state index in [-0.39, 0.29) is 36.4 Å². The van der Waals surface area contributed by atoms with Crippen LogP contribution in [0.2, 0.25) is 0 Å². The third kappa shape index (κ3) is 4.36. The van der Waals surface area contributed by atoms with Crippen molar-refractivity contribution in [3.05, 3.63) is 30.3 Å². The van der Waals surface area contributed by atoms with Gasteiger partial charge in [-0.05, 0) is 50.7 Å². The Morgan fingerprint density at radius 1 is 1.15 bits per heavy atom. The highest BCUT2D eigenvalue weighted by Crippen LogP contribution is 2.26. The van der Waals surface area contributed by atoms with E-state index in [0.29, 0.717) is 19.6 Å². The summed E-state index contributed by atoms with van der Waals surface area (Å²) in [6.45, 7) is 3.98. The topological polar surface area (TPSA) is 72.9 Å². The molecule has 3 amide bonds. The number of amides is 3. The van der Waals surface area contributed by atoms with Crippen LogP contribution in [0.3, 0.4) is 0 Å². The van der Waals surface area contributed by atoms with Crippen LogP contribution in [-0.4, -0.2) is 59.1 Å². The monoisotopic (exact) mass is 359 g/mol. The molecule has 1 aromatic rings. The second-order valence-corrected chi connectivity index (χ2v) is 7.55. The molecule has 0 unspecified atom stereocenters. The Balaban J connectivity index is 1.60. The molecule has 0 aromatic heterocycles. The molecule has 0 saturated carbocycles. The summed E-state index contributed by atoms with van der Waals surface area (Å²) in [6, 6.07) is 9.45. The number of hydrogen-bond donors (Lipinski definition) is 2. The average Bonchev–Trinajstić information content (AvgIpc) is 2.68. The van der Waals surface area contributed by atoms with E-state index in [9.17, 15) is 14.7 Å². The maximum absolute atomic E-state index is 13.0. The molecule has 0 bridgehead atoms. The number of aliphatic hydroxyl groups is 1. The maximum Gasteiger partial charge on any atom is 0.321 e. The number of hydrogen-bond acceptors (Lipinski definition) is 3. The molecule has 2 aliphatic heterocycles. The van der Waals surface area contributed by atoms with E-state index >= 15 is 0 Å². The van der Waals surface area contributed by atoms with Gasteiger partial charge in [-0.15, -0.1) is 0 Å². The number of rotatable bonds is 3. The predicted octanol–water partition coefficient (Wildman–Crippen LogP) is 2.55. The van der Waals surface area contributed by atoms with Crippen molar-refractivity contribution in [2.24, 2.45) is 11.8 Å². The van der Waals surface area contributed by atoms with Crippen LogP contribution >= 0.6 is 0 Å². The quantitative estimate of drug-likeness (QED) is 0.871. The Kier molecular flexibility index (Phi) is 6.14. The van der Waals surface area contributed by atoms with Gasteiger partial charge in [-0.2, -0.15) is 0 Å². The molecular weight excluding hydrogens is 330 g/mol. The van der Waals surface area contributed by atoms with E-state index in [1.165, 1.54) is 0 Å². The van der Waals surface area contributed by atoms with Gasteiger partial charge in [0.1, 0.15) is 0 Å². The van der Waals surface area contributed by atoms with Crippen molar-refractivity contribution in [1.29, 1.82) is 0 Å². The van der Waals surface area contributed by atoms with Gasteiger partial charge in [0.05, 0.1) is 5.92 Å². The molecule has 3 atom stereocenters. The largest absolute Gasteiger partial charge is 0.396 e. The summed E-state index contributed by atoms with van der Waals surface area (Å²) >= 11 is 0. The number of carbonyl (C=O) groups excluding carboxylic acids is 2. The summed E-state index contributed by atoms with van der Waals surface area (Å²) in [4.78, 5) is 29.2. The van der Waals surface area contributed by atoms with Gasteiger partial charge in [-0.25, -0.2) is 4.79 Å². The van der Waals surface area contributed by atoms with Crippen LogP contribution in [0.15, 0.2) is 30.3 Å². The van der Waals surface area contributed by atoms with Gasteiger partial charge >= 0.3 is 6.03 Å². The van der Waals surface area contributed by atoms with E-state index in [1.54, 1.807) is 4.90 Å². The molecule has 2 aliphatic rings. The van der Waals surface area contributed by atoms with Crippen molar-refractivity contribution in [2.45, 2.75) is 38.6 Å². The number of carbonyl (C=O) groups is 2. The van der Waals surface area contributed by atoms with Crippen molar-refractivity contribution >= 4 is 17.6 Å². The molecule has 6 nitrogen and oxygen atoms in total. The number of benzene rings is 1. The van der Waals surface area contributed by atoms with Crippen molar-refractivity contribution in [1.82, 2.24) is 9.80 Å². The molecule has 3 rings (SSSR count). The fourth-order valence-corrected chi connectivity index (χ4v) is 3.96. The lowest BCUT2D eigenvalue weighted by Crippen LogP contribution is -2.52. The number of piperidine rings is 2. The number of nitrogens with one attached hydrogen (secondary N) is 1. The summed E-state index contributed by atoms with van der Waals surface area (Å²) in [6.07, 6.45) is 3.56. The van der Waals surface area contributed by atoms with Gasteiger partial charge < -0.3 is 20.2 Å². The van der Waals surface area contributed by atoms with Gasteiger partial charge in [-0.3, -0.25) is 4.79 Å². The summed E-state index contributed by atoms with van der Waals surface area (Å²) in [5, 5.41) is 12.3. The fourth-order valence-electron chi connectivity index (χ4n) is 3.96. The molecule has 0 spiro atoms. The molecule has 1 aromatic carbocycles. The van der Waals surface area contributed by atoms with Crippen LogP contribution in [0, 0.1) is 11.8 Å². The van der Waals surface area contributed by atoms with Crippen LogP contribution in [-0.2, 0) is 4.79 Å². The summed E-state index contributed by atoms with van der Waals surface area (Å²) in [5.41, 5.74) is 0.765. The summed E-state index contributed by atoms with van der Waals surface area (Å²) in [7, 11) is 0. The zero-order valence-corrected chi connectivity index (χ0v) is 15.4. The molecule has 6 heteroatoms. The van der Waals surface area contributed by atoms with Crippen molar-refractivity contribution in [3.8, 4) is 0 Å². The van der Waals surface area contributed by atoms with Gasteiger partial charge in [0.25, 0.3) is 0 Å². The van der Waals surface area contributed by atoms with Crippen LogP contribution in [0.25, 0.3) is 0 Å². The van der Waals surface area contributed by atoms with Crippen LogP contribution in [0.4, 0.5) is 10.5 Å². The first-order chi connectivity index (χ1) is 12.6. The predicted molar refractivity (Wildman–Crippen MR) is 101 cm³/mol. The lowest BCUT2D eigenvalue weighted by Gasteiger charge is -2.41. The maximum atomic E-state index is 13.0. The zero-order valence-electron chi connectivity index (χ0n) is 15.4. The SMILES string of the molecule is C[C@@H]1CC[C@H](CO)CN1C(=O)[C@@H]1CCCN(C(=O)Nc2ccccc2)C1. The number of nitrogens with zero attached hydrogens (tertiary/aromatic N) is 2. The van der Waals surface area contributed by atoms with Crippen LogP contribution in [0.5, 0.6) is 0 Å². The second kappa shape index (κ2) is 8.54. The van der Waals surface area contributed by atoms with E-state index in [2.05, 4.69) is 12.2 Å². The molecule has 2 fully saturated rings. The minimum atomic E-state index is -0.148. The van der Waals surface area contributed by atoms with Crippen molar-refractivity contribution < 1.29 is 14.7 Å². The highest BCUT2D eigenvalue weighted by Gasteiger charge is 2.35. The minimum absolute atomic E-state index is 0.132. The zero-order chi connectivity index (χ0) is 18.5. The lowest BCUT2D eigenvalue weighted by molar-refractivity contribution is -0.141. The molecule has 142 valence electrons. The fraction of sp³-hybridized carbons (Fsp3) is 0.600. The van der Waals surface area contributed by atoms with Crippen LogP contribution < -0.4 is 5.32 Å². The van der Waals surface area contributed by atoms with Gasteiger partial charge in [-0.1, -0.05) is 18.2 Å². The van der Waals surface area contributed by atoms with Crippen molar-refractivity contribution in [2.75, 3.05) is 31.6 Å². The molecule has 0 radical (unpaired) electrons. The summed E-state index contributed by atoms with van der Waals surface area (Å²) < 4.78 is 0.